The van der Waals surface area contributed by atoms with E-state index in [4.69, 9.17) is 14.6 Å². The Balaban J connectivity index is 2.43. The fourth-order valence-electron chi connectivity index (χ4n) is 1.18. The van der Waals surface area contributed by atoms with E-state index in [-0.39, 0.29) is 6.79 Å². The van der Waals surface area contributed by atoms with E-state index < -0.39 is 6.09 Å². The lowest BCUT2D eigenvalue weighted by atomic mass is 10.3. The summed E-state index contributed by atoms with van der Waals surface area (Å²) in [6.45, 7) is 0.111. The topological polar surface area (TPSA) is 67.8 Å². The Kier molecular flexibility index (Phi) is 2.20. The van der Waals surface area contributed by atoms with Gasteiger partial charge in [-0.2, -0.15) is 0 Å². The summed E-state index contributed by atoms with van der Waals surface area (Å²) in [6, 6.07) is 3.33. The molecule has 5 nitrogen and oxygen atoms in total. The van der Waals surface area contributed by atoms with Gasteiger partial charge in [0.2, 0.25) is 6.79 Å². The Labute approximate surface area is 87.8 Å². The molecule has 1 aromatic rings. The number of fused-ring (bicyclic) bond motifs is 1. The molecule has 0 bridgehead atoms. The Morgan fingerprint density at radius 1 is 1.50 bits per heavy atom. The van der Waals surface area contributed by atoms with Crippen molar-refractivity contribution in [3.8, 4) is 11.5 Å². The lowest BCUT2D eigenvalue weighted by Gasteiger charge is -2.05. The van der Waals surface area contributed by atoms with Crippen LogP contribution in [0.5, 0.6) is 11.5 Å². The number of benzene rings is 1. The van der Waals surface area contributed by atoms with Crippen LogP contribution in [0.4, 0.5) is 10.5 Å². The maximum Gasteiger partial charge on any atom is 0.409 e. The molecule has 74 valence electrons. The molecule has 0 atom stereocenters. The van der Waals surface area contributed by atoms with E-state index >= 15 is 0 Å². The van der Waals surface area contributed by atoms with Crippen LogP contribution in [-0.4, -0.2) is 18.0 Å². The second kappa shape index (κ2) is 3.38. The summed E-state index contributed by atoms with van der Waals surface area (Å²) >= 11 is 3.24. The number of carboxylic acid groups (broad SMARTS) is 1. The normalized spacial score (nSPS) is 12.6. The van der Waals surface area contributed by atoms with E-state index in [0.29, 0.717) is 17.2 Å². The highest BCUT2D eigenvalue weighted by Gasteiger charge is 2.19. The van der Waals surface area contributed by atoms with Crippen LogP contribution in [0.25, 0.3) is 0 Å². The van der Waals surface area contributed by atoms with Gasteiger partial charge in [-0.1, -0.05) is 15.9 Å². The first kappa shape index (κ1) is 9.14. The van der Waals surface area contributed by atoms with Gasteiger partial charge < -0.3 is 14.6 Å². The van der Waals surface area contributed by atoms with Crippen LogP contribution in [-0.2, 0) is 0 Å². The van der Waals surface area contributed by atoms with Gasteiger partial charge in [0.15, 0.2) is 11.5 Å². The molecule has 1 amide bonds. The molecule has 2 N–H and O–H groups in total. The molecule has 1 heterocycles. The van der Waals surface area contributed by atoms with Gasteiger partial charge in [0.1, 0.15) is 0 Å². The fourth-order valence-corrected chi connectivity index (χ4v) is 1.62. The van der Waals surface area contributed by atoms with E-state index in [0.717, 1.165) is 4.47 Å². The van der Waals surface area contributed by atoms with Crippen molar-refractivity contribution in [3.05, 3.63) is 16.6 Å². The number of nitrogens with one attached hydrogen (secondary N) is 1. The van der Waals surface area contributed by atoms with Crippen LogP contribution >= 0.6 is 15.9 Å². The molecule has 14 heavy (non-hydrogen) atoms. The molecular formula is C8H6BrNO4. The Bertz CT molecular complexity index is 393. The maximum atomic E-state index is 10.5. The number of ether oxygens (including phenoxy) is 2. The second-order valence-corrected chi connectivity index (χ2v) is 3.53. The SMILES string of the molecule is O=C(O)Nc1cc(Br)cc2c1OCO2. The summed E-state index contributed by atoms with van der Waals surface area (Å²) in [4.78, 5) is 10.5. The van der Waals surface area contributed by atoms with Gasteiger partial charge in [-0.3, -0.25) is 5.32 Å². The van der Waals surface area contributed by atoms with Crippen molar-refractivity contribution in [2.45, 2.75) is 0 Å². The van der Waals surface area contributed by atoms with Crippen molar-refractivity contribution in [1.29, 1.82) is 0 Å². The minimum absolute atomic E-state index is 0.111. The van der Waals surface area contributed by atoms with Gasteiger partial charge in [-0.15, -0.1) is 0 Å². The van der Waals surface area contributed by atoms with Gasteiger partial charge in [-0.25, -0.2) is 4.79 Å². The highest BCUT2D eigenvalue weighted by molar-refractivity contribution is 9.10. The second-order valence-electron chi connectivity index (χ2n) is 2.62. The van der Waals surface area contributed by atoms with Gasteiger partial charge in [0.25, 0.3) is 0 Å². The van der Waals surface area contributed by atoms with Crippen LogP contribution in [0.15, 0.2) is 16.6 Å². The average Bonchev–Trinajstić information content (AvgIpc) is 2.50. The number of amides is 1. The highest BCUT2D eigenvalue weighted by Crippen LogP contribution is 2.41. The monoisotopic (exact) mass is 259 g/mol. The summed E-state index contributed by atoms with van der Waals surface area (Å²) in [7, 11) is 0. The summed E-state index contributed by atoms with van der Waals surface area (Å²) in [6.07, 6.45) is -1.14. The average molecular weight is 260 g/mol. The van der Waals surface area contributed by atoms with Crippen molar-refractivity contribution < 1.29 is 19.4 Å². The molecule has 0 unspecified atom stereocenters. The third-order valence-corrected chi connectivity index (χ3v) is 2.14. The predicted molar refractivity (Wildman–Crippen MR) is 51.9 cm³/mol. The Hall–Kier alpha value is -1.43. The molecule has 0 aliphatic carbocycles. The zero-order valence-electron chi connectivity index (χ0n) is 6.91. The smallest absolute Gasteiger partial charge is 0.409 e. The quantitative estimate of drug-likeness (QED) is 0.812. The van der Waals surface area contributed by atoms with E-state index in [1.807, 2.05) is 0 Å². The first-order chi connectivity index (χ1) is 6.66. The van der Waals surface area contributed by atoms with Crippen LogP contribution in [0.2, 0.25) is 0 Å². The highest BCUT2D eigenvalue weighted by atomic mass is 79.9. The summed E-state index contributed by atoms with van der Waals surface area (Å²) in [5.74, 6) is 0.957. The molecule has 6 heteroatoms. The van der Waals surface area contributed by atoms with Gasteiger partial charge in [-0.05, 0) is 12.1 Å². The van der Waals surface area contributed by atoms with Gasteiger partial charge >= 0.3 is 6.09 Å². The van der Waals surface area contributed by atoms with Gasteiger partial charge in [0.05, 0.1) is 5.69 Å². The molecule has 0 fully saturated rings. The van der Waals surface area contributed by atoms with E-state index in [2.05, 4.69) is 21.2 Å². The first-order valence-corrected chi connectivity index (χ1v) is 4.55. The van der Waals surface area contributed by atoms with Crippen molar-refractivity contribution >= 4 is 27.7 Å². The van der Waals surface area contributed by atoms with Crippen LogP contribution < -0.4 is 14.8 Å². The van der Waals surface area contributed by atoms with Crippen molar-refractivity contribution in [1.82, 2.24) is 0 Å². The lowest BCUT2D eigenvalue weighted by molar-refractivity contribution is 0.174. The standard InChI is InChI=1S/C8H6BrNO4/c9-4-1-5(10-8(11)12)7-6(2-4)13-3-14-7/h1-2,10H,3H2,(H,11,12). The largest absolute Gasteiger partial charge is 0.465 e. The van der Waals surface area contributed by atoms with Crippen LogP contribution in [0.3, 0.4) is 0 Å². The number of rotatable bonds is 1. The molecule has 0 aromatic heterocycles. The zero-order valence-corrected chi connectivity index (χ0v) is 8.50. The molecule has 0 saturated carbocycles. The van der Waals surface area contributed by atoms with E-state index in [9.17, 15) is 4.79 Å². The number of halogens is 1. The minimum Gasteiger partial charge on any atom is -0.465 e. The molecular weight excluding hydrogens is 254 g/mol. The van der Waals surface area contributed by atoms with Crippen molar-refractivity contribution in [2.75, 3.05) is 12.1 Å². The van der Waals surface area contributed by atoms with E-state index in [1.165, 1.54) is 0 Å². The summed E-state index contributed by atoms with van der Waals surface area (Å²) < 4.78 is 11.0. The number of hydrogen-bond donors (Lipinski definition) is 2. The summed E-state index contributed by atoms with van der Waals surface area (Å²) in [5, 5.41) is 10.8. The molecule has 0 spiro atoms. The molecule has 0 saturated heterocycles. The number of anilines is 1. The minimum atomic E-state index is -1.14. The molecule has 1 aliphatic heterocycles. The maximum absolute atomic E-state index is 10.5. The third-order valence-electron chi connectivity index (χ3n) is 1.68. The molecule has 2 rings (SSSR count). The predicted octanol–water partition coefficient (Wildman–Crippen LogP) is 2.27. The van der Waals surface area contributed by atoms with Gasteiger partial charge in [0, 0.05) is 4.47 Å². The Morgan fingerprint density at radius 2 is 2.29 bits per heavy atom. The molecule has 1 aromatic carbocycles. The molecule has 0 radical (unpaired) electrons. The summed E-state index contributed by atoms with van der Waals surface area (Å²) in [5.41, 5.74) is 0.374. The van der Waals surface area contributed by atoms with E-state index in [1.54, 1.807) is 12.1 Å². The van der Waals surface area contributed by atoms with Crippen molar-refractivity contribution in [2.24, 2.45) is 0 Å². The molecule has 1 aliphatic rings. The number of hydrogen-bond acceptors (Lipinski definition) is 3. The van der Waals surface area contributed by atoms with Crippen LogP contribution in [0.1, 0.15) is 0 Å². The van der Waals surface area contributed by atoms with Crippen LogP contribution in [0, 0.1) is 0 Å². The number of carbonyl (C=O) groups is 1. The van der Waals surface area contributed by atoms with Crippen molar-refractivity contribution in [3.63, 3.8) is 0 Å². The zero-order chi connectivity index (χ0) is 10.1. The lowest BCUT2D eigenvalue weighted by Crippen LogP contribution is -2.07. The first-order valence-electron chi connectivity index (χ1n) is 3.76. The third kappa shape index (κ3) is 1.60. The fraction of sp³-hybridized carbons (Fsp3) is 0.125. The Morgan fingerprint density at radius 3 is 3.00 bits per heavy atom.